The molecule has 0 unspecified atom stereocenters. The van der Waals surface area contributed by atoms with Gasteiger partial charge in [-0.15, -0.1) is 0 Å². The van der Waals surface area contributed by atoms with Crippen LogP contribution in [0.3, 0.4) is 0 Å². The van der Waals surface area contributed by atoms with Crippen LogP contribution in [0.25, 0.3) is 0 Å². The molecule has 0 saturated carbocycles. The van der Waals surface area contributed by atoms with Gasteiger partial charge in [0.2, 0.25) is 0 Å². The van der Waals surface area contributed by atoms with Gasteiger partial charge in [0.1, 0.15) is 12.7 Å². The van der Waals surface area contributed by atoms with Gasteiger partial charge in [-0.1, -0.05) is 30.3 Å². The molecule has 0 N–H and O–H groups in total. The van der Waals surface area contributed by atoms with Crippen molar-refractivity contribution in [2.45, 2.75) is 6.61 Å². The van der Waals surface area contributed by atoms with Crippen molar-refractivity contribution in [3.8, 4) is 17.6 Å². The Morgan fingerprint density at radius 1 is 1.17 bits per heavy atom. The fourth-order valence-corrected chi connectivity index (χ4v) is 1.93. The fourth-order valence-electron chi connectivity index (χ4n) is 1.93. The van der Waals surface area contributed by atoms with Gasteiger partial charge in [0.25, 0.3) is 0 Å². The predicted octanol–water partition coefficient (Wildman–Crippen LogP) is 3.37. The van der Waals surface area contributed by atoms with Crippen molar-refractivity contribution < 1.29 is 9.47 Å². The summed E-state index contributed by atoms with van der Waals surface area (Å²) in [6, 6.07) is 15.3. The second-order valence-corrected chi connectivity index (χ2v) is 5.11. The Kier molecular flexibility index (Phi) is 5.59. The SMILES string of the molecule is COc1cc(C#N)c(/N=C\N(C)C)cc1OCc1ccccc1. The van der Waals surface area contributed by atoms with Crippen LogP contribution < -0.4 is 9.47 Å². The summed E-state index contributed by atoms with van der Waals surface area (Å²) >= 11 is 0. The summed E-state index contributed by atoms with van der Waals surface area (Å²) in [4.78, 5) is 6.11. The van der Waals surface area contributed by atoms with Crippen molar-refractivity contribution >= 4 is 12.0 Å². The van der Waals surface area contributed by atoms with Gasteiger partial charge in [0, 0.05) is 26.2 Å². The van der Waals surface area contributed by atoms with Crippen molar-refractivity contribution in [2.24, 2.45) is 4.99 Å². The average molecular weight is 309 g/mol. The maximum absolute atomic E-state index is 9.27. The summed E-state index contributed by atoms with van der Waals surface area (Å²) in [6.07, 6.45) is 1.64. The van der Waals surface area contributed by atoms with Gasteiger partial charge in [-0.2, -0.15) is 5.26 Å². The molecule has 0 atom stereocenters. The monoisotopic (exact) mass is 309 g/mol. The summed E-state index contributed by atoms with van der Waals surface area (Å²) in [7, 11) is 5.28. The molecule has 2 aromatic rings. The van der Waals surface area contributed by atoms with Gasteiger partial charge in [0.15, 0.2) is 11.5 Å². The molecule has 0 aromatic heterocycles. The Hall–Kier alpha value is -3.00. The number of hydrogen-bond donors (Lipinski definition) is 0. The molecular formula is C18H19N3O2. The maximum Gasteiger partial charge on any atom is 0.163 e. The molecule has 2 rings (SSSR count). The lowest BCUT2D eigenvalue weighted by Crippen LogP contribution is -2.07. The molecule has 0 amide bonds. The zero-order valence-corrected chi connectivity index (χ0v) is 13.5. The van der Waals surface area contributed by atoms with E-state index in [2.05, 4.69) is 11.1 Å². The number of methoxy groups -OCH3 is 1. The number of benzene rings is 2. The van der Waals surface area contributed by atoms with E-state index in [1.807, 2.05) is 44.4 Å². The van der Waals surface area contributed by atoms with Crippen LogP contribution in [0.1, 0.15) is 11.1 Å². The van der Waals surface area contributed by atoms with Crippen LogP contribution in [0, 0.1) is 11.3 Å². The first-order valence-corrected chi connectivity index (χ1v) is 7.13. The Morgan fingerprint density at radius 2 is 1.91 bits per heavy atom. The lowest BCUT2D eigenvalue weighted by atomic mass is 10.1. The normalized spacial score (nSPS) is 10.3. The highest BCUT2D eigenvalue weighted by Gasteiger charge is 2.11. The number of aliphatic imine (C=N–C) groups is 1. The highest BCUT2D eigenvalue weighted by atomic mass is 16.5. The highest BCUT2D eigenvalue weighted by molar-refractivity contribution is 5.68. The summed E-state index contributed by atoms with van der Waals surface area (Å²) < 4.78 is 11.2. The third-order valence-corrected chi connectivity index (χ3v) is 3.07. The molecule has 0 spiro atoms. The molecule has 0 aliphatic carbocycles. The predicted molar refractivity (Wildman–Crippen MR) is 90.3 cm³/mol. The molecule has 0 heterocycles. The van der Waals surface area contributed by atoms with E-state index in [1.165, 1.54) is 0 Å². The second kappa shape index (κ2) is 7.85. The van der Waals surface area contributed by atoms with Crippen LogP contribution in [-0.2, 0) is 6.61 Å². The first kappa shape index (κ1) is 16.4. The molecule has 118 valence electrons. The number of nitrogens with zero attached hydrogens (tertiary/aromatic N) is 3. The van der Waals surface area contributed by atoms with Crippen LogP contribution in [-0.4, -0.2) is 32.4 Å². The van der Waals surface area contributed by atoms with Gasteiger partial charge in [-0.25, -0.2) is 4.99 Å². The Morgan fingerprint density at radius 3 is 2.52 bits per heavy atom. The Labute approximate surface area is 136 Å². The topological polar surface area (TPSA) is 57.8 Å². The van der Waals surface area contributed by atoms with E-state index in [0.717, 1.165) is 5.56 Å². The quantitative estimate of drug-likeness (QED) is 0.606. The Balaban J connectivity index is 2.30. The van der Waals surface area contributed by atoms with Crippen LogP contribution in [0.15, 0.2) is 47.5 Å². The smallest absolute Gasteiger partial charge is 0.163 e. The molecule has 0 fully saturated rings. The lowest BCUT2D eigenvalue weighted by Gasteiger charge is -2.13. The van der Waals surface area contributed by atoms with Gasteiger partial charge < -0.3 is 14.4 Å². The summed E-state index contributed by atoms with van der Waals surface area (Å²) in [6.45, 7) is 0.417. The molecule has 2 aromatic carbocycles. The number of hydrogen-bond acceptors (Lipinski definition) is 4. The Bertz CT molecular complexity index is 719. The molecule has 5 nitrogen and oxygen atoms in total. The van der Waals surface area contributed by atoms with Gasteiger partial charge >= 0.3 is 0 Å². The highest BCUT2D eigenvalue weighted by Crippen LogP contribution is 2.35. The first-order chi connectivity index (χ1) is 11.1. The maximum atomic E-state index is 9.27. The summed E-state index contributed by atoms with van der Waals surface area (Å²) in [5.74, 6) is 1.07. The fraction of sp³-hybridized carbons (Fsp3) is 0.222. The largest absolute Gasteiger partial charge is 0.493 e. The van der Waals surface area contributed by atoms with Crippen LogP contribution in [0.5, 0.6) is 11.5 Å². The number of rotatable bonds is 6. The van der Waals surface area contributed by atoms with Crippen molar-refractivity contribution in [2.75, 3.05) is 21.2 Å². The second-order valence-electron chi connectivity index (χ2n) is 5.11. The van der Waals surface area contributed by atoms with Crippen LogP contribution in [0.4, 0.5) is 5.69 Å². The number of nitriles is 1. The molecule has 0 aliphatic heterocycles. The van der Waals surface area contributed by atoms with Crippen molar-refractivity contribution in [3.05, 3.63) is 53.6 Å². The van der Waals surface area contributed by atoms with Crippen molar-refractivity contribution in [3.63, 3.8) is 0 Å². The van der Waals surface area contributed by atoms with Crippen LogP contribution >= 0.6 is 0 Å². The summed E-state index contributed by atoms with van der Waals surface area (Å²) in [5, 5.41) is 9.27. The third kappa shape index (κ3) is 4.48. The van der Waals surface area contributed by atoms with E-state index >= 15 is 0 Å². The van der Waals surface area contributed by atoms with Gasteiger partial charge in [-0.05, 0) is 5.56 Å². The third-order valence-electron chi connectivity index (χ3n) is 3.07. The van der Waals surface area contributed by atoms with Crippen molar-refractivity contribution in [1.82, 2.24) is 4.90 Å². The minimum atomic E-state index is 0.417. The minimum Gasteiger partial charge on any atom is -0.493 e. The van der Waals surface area contributed by atoms with E-state index in [1.54, 1.807) is 30.5 Å². The zero-order chi connectivity index (χ0) is 16.7. The van der Waals surface area contributed by atoms with Gasteiger partial charge in [0.05, 0.1) is 24.7 Å². The summed E-state index contributed by atoms with van der Waals surface area (Å²) in [5.41, 5.74) is 2.04. The minimum absolute atomic E-state index is 0.417. The first-order valence-electron chi connectivity index (χ1n) is 7.13. The average Bonchev–Trinajstić information content (AvgIpc) is 2.58. The van der Waals surface area contributed by atoms with Crippen LogP contribution in [0.2, 0.25) is 0 Å². The molecule has 0 bridgehead atoms. The standard InChI is InChI=1S/C18H19N3O2/c1-21(2)13-20-16-10-18(17(22-3)9-15(16)11-19)23-12-14-7-5-4-6-8-14/h4-10,13H,12H2,1-3H3/b20-13-. The number of ether oxygens (including phenoxy) is 2. The molecule has 23 heavy (non-hydrogen) atoms. The molecule has 0 aliphatic rings. The zero-order valence-electron chi connectivity index (χ0n) is 13.5. The molecule has 0 radical (unpaired) electrons. The van der Waals surface area contributed by atoms with E-state index in [9.17, 15) is 5.26 Å². The lowest BCUT2D eigenvalue weighted by molar-refractivity contribution is 0.284. The molecule has 5 heteroatoms. The van der Waals surface area contributed by atoms with E-state index in [0.29, 0.717) is 29.4 Å². The van der Waals surface area contributed by atoms with Gasteiger partial charge in [-0.3, -0.25) is 0 Å². The van der Waals surface area contributed by atoms with E-state index in [-0.39, 0.29) is 0 Å². The van der Waals surface area contributed by atoms with E-state index in [4.69, 9.17) is 9.47 Å². The van der Waals surface area contributed by atoms with Crippen molar-refractivity contribution in [1.29, 1.82) is 5.26 Å². The molecule has 0 saturated heterocycles. The van der Waals surface area contributed by atoms with E-state index < -0.39 is 0 Å². The molecular weight excluding hydrogens is 290 g/mol.